The summed E-state index contributed by atoms with van der Waals surface area (Å²) >= 11 is 0. The molecule has 0 fully saturated rings. The van der Waals surface area contributed by atoms with Crippen LogP contribution < -0.4 is 11.1 Å². The molecule has 4 nitrogen and oxygen atoms in total. The Morgan fingerprint density at radius 1 is 1.50 bits per heavy atom. The van der Waals surface area contributed by atoms with E-state index in [1.54, 1.807) is 7.05 Å². The fourth-order valence-corrected chi connectivity index (χ4v) is 2.07. The Hall–Kier alpha value is -1.55. The first-order valence-corrected chi connectivity index (χ1v) is 5.52. The lowest BCUT2D eigenvalue weighted by Gasteiger charge is -2.28. The topological polar surface area (TPSA) is 58.4 Å². The van der Waals surface area contributed by atoms with Crippen LogP contribution >= 0.6 is 0 Å². The van der Waals surface area contributed by atoms with E-state index in [9.17, 15) is 4.79 Å². The monoisotopic (exact) mass is 219 g/mol. The summed E-state index contributed by atoms with van der Waals surface area (Å²) in [7, 11) is 1.66. The number of nitrogens with zero attached hydrogens (tertiary/aromatic N) is 1. The second kappa shape index (κ2) is 4.53. The highest BCUT2D eigenvalue weighted by Crippen LogP contribution is 2.20. The Balaban J connectivity index is 2.21. The molecule has 0 aliphatic carbocycles. The highest BCUT2D eigenvalue weighted by molar-refractivity contribution is 5.74. The van der Waals surface area contributed by atoms with E-state index in [4.69, 9.17) is 5.73 Å². The van der Waals surface area contributed by atoms with Gasteiger partial charge in [-0.3, -0.25) is 0 Å². The summed E-state index contributed by atoms with van der Waals surface area (Å²) in [5, 5.41) is 2.66. The van der Waals surface area contributed by atoms with Crippen LogP contribution in [0.3, 0.4) is 0 Å². The second-order valence-corrected chi connectivity index (χ2v) is 4.03. The Kier molecular flexibility index (Phi) is 3.10. The first-order chi connectivity index (χ1) is 7.74. The SMILES string of the molecule is CNC(=O)N1CCc2ccc(CN)cc2C1. The predicted octanol–water partition coefficient (Wildman–Crippen LogP) is 0.843. The van der Waals surface area contributed by atoms with Gasteiger partial charge in [0.1, 0.15) is 0 Å². The predicted molar refractivity (Wildman–Crippen MR) is 62.9 cm³/mol. The number of carbonyl (C=O) groups is 1. The van der Waals surface area contributed by atoms with Crippen LogP contribution in [0.15, 0.2) is 18.2 Å². The number of benzene rings is 1. The molecule has 1 aliphatic rings. The number of hydrogen-bond donors (Lipinski definition) is 2. The Morgan fingerprint density at radius 2 is 2.31 bits per heavy atom. The number of nitrogens with one attached hydrogen (secondary N) is 1. The summed E-state index contributed by atoms with van der Waals surface area (Å²) in [6, 6.07) is 6.28. The van der Waals surface area contributed by atoms with Crippen molar-refractivity contribution in [2.75, 3.05) is 13.6 Å². The molecule has 0 aromatic heterocycles. The first kappa shape index (κ1) is 11.0. The average Bonchev–Trinajstić information content (AvgIpc) is 2.36. The van der Waals surface area contributed by atoms with E-state index in [1.165, 1.54) is 11.1 Å². The normalized spacial score (nSPS) is 14.5. The molecule has 1 heterocycles. The number of carbonyl (C=O) groups excluding carboxylic acids is 1. The fraction of sp³-hybridized carbons (Fsp3) is 0.417. The smallest absolute Gasteiger partial charge is 0.317 e. The van der Waals surface area contributed by atoms with Crippen molar-refractivity contribution in [2.24, 2.45) is 5.73 Å². The summed E-state index contributed by atoms with van der Waals surface area (Å²) in [5.74, 6) is 0. The Bertz CT molecular complexity index is 403. The van der Waals surface area contributed by atoms with Crippen molar-refractivity contribution in [3.8, 4) is 0 Å². The van der Waals surface area contributed by atoms with E-state index >= 15 is 0 Å². The quantitative estimate of drug-likeness (QED) is 0.735. The van der Waals surface area contributed by atoms with E-state index in [0.29, 0.717) is 13.1 Å². The van der Waals surface area contributed by atoms with Gasteiger partial charge in [0.15, 0.2) is 0 Å². The minimum atomic E-state index is -0.0104. The maximum atomic E-state index is 11.5. The van der Waals surface area contributed by atoms with Crippen LogP contribution in [-0.4, -0.2) is 24.5 Å². The molecule has 1 aromatic carbocycles. The van der Waals surface area contributed by atoms with Gasteiger partial charge in [0.05, 0.1) is 0 Å². The summed E-state index contributed by atoms with van der Waals surface area (Å²) in [4.78, 5) is 13.3. The lowest BCUT2D eigenvalue weighted by atomic mass is 9.97. The molecule has 2 rings (SSSR count). The fourth-order valence-electron chi connectivity index (χ4n) is 2.07. The van der Waals surface area contributed by atoms with E-state index in [1.807, 2.05) is 4.90 Å². The number of hydrogen-bond acceptors (Lipinski definition) is 2. The second-order valence-electron chi connectivity index (χ2n) is 4.03. The minimum absolute atomic E-state index is 0.0104. The van der Waals surface area contributed by atoms with Crippen LogP contribution in [0.1, 0.15) is 16.7 Å². The first-order valence-electron chi connectivity index (χ1n) is 5.52. The van der Waals surface area contributed by atoms with Crippen molar-refractivity contribution in [1.82, 2.24) is 10.2 Å². The number of amides is 2. The van der Waals surface area contributed by atoms with Gasteiger partial charge in [-0.05, 0) is 23.1 Å². The van der Waals surface area contributed by atoms with Crippen LogP contribution in [-0.2, 0) is 19.5 Å². The summed E-state index contributed by atoms with van der Waals surface area (Å²) in [5.41, 5.74) is 9.28. The van der Waals surface area contributed by atoms with Crippen molar-refractivity contribution in [3.05, 3.63) is 34.9 Å². The van der Waals surface area contributed by atoms with Crippen LogP contribution in [0, 0.1) is 0 Å². The molecule has 0 bridgehead atoms. The van der Waals surface area contributed by atoms with Gasteiger partial charge >= 0.3 is 6.03 Å². The van der Waals surface area contributed by atoms with Gasteiger partial charge in [-0.25, -0.2) is 4.79 Å². The zero-order chi connectivity index (χ0) is 11.5. The molecule has 0 spiro atoms. The molecule has 1 aromatic rings. The van der Waals surface area contributed by atoms with Gasteiger partial charge in [0, 0.05) is 26.7 Å². The molecule has 4 heteroatoms. The van der Waals surface area contributed by atoms with E-state index in [-0.39, 0.29) is 6.03 Å². The van der Waals surface area contributed by atoms with Crippen molar-refractivity contribution < 1.29 is 4.79 Å². The zero-order valence-electron chi connectivity index (χ0n) is 9.49. The molecule has 0 saturated carbocycles. The molecule has 86 valence electrons. The van der Waals surface area contributed by atoms with Gasteiger partial charge < -0.3 is 16.0 Å². The Morgan fingerprint density at radius 3 is 3.00 bits per heavy atom. The van der Waals surface area contributed by atoms with Crippen LogP contribution in [0.4, 0.5) is 4.79 Å². The van der Waals surface area contributed by atoms with Gasteiger partial charge in [-0.2, -0.15) is 0 Å². The third-order valence-corrected chi connectivity index (χ3v) is 3.02. The Labute approximate surface area is 95.4 Å². The zero-order valence-corrected chi connectivity index (χ0v) is 9.49. The third-order valence-electron chi connectivity index (χ3n) is 3.02. The minimum Gasteiger partial charge on any atom is -0.341 e. The van der Waals surface area contributed by atoms with Crippen molar-refractivity contribution >= 4 is 6.03 Å². The standard InChI is InChI=1S/C12H17N3O/c1-14-12(16)15-5-4-10-3-2-9(7-13)6-11(10)8-15/h2-3,6H,4-5,7-8,13H2,1H3,(H,14,16). The molecule has 0 atom stereocenters. The number of nitrogens with two attached hydrogens (primary N) is 1. The molecular weight excluding hydrogens is 202 g/mol. The van der Waals surface area contributed by atoms with Crippen molar-refractivity contribution in [3.63, 3.8) is 0 Å². The van der Waals surface area contributed by atoms with E-state index in [2.05, 4.69) is 23.5 Å². The van der Waals surface area contributed by atoms with Gasteiger partial charge in [-0.1, -0.05) is 18.2 Å². The van der Waals surface area contributed by atoms with Crippen LogP contribution in [0.5, 0.6) is 0 Å². The number of urea groups is 1. The maximum Gasteiger partial charge on any atom is 0.317 e. The highest BCUT2D eigenvalue weighted by Gasteiger charge is 2.19. The molecule has 16 heavy (non-hydrogen) atoms. The van der Waals surface area contributed by atoms with Gasteiger partial charge in [-0.15, -0.1) is 0 Å². The van der Waals surface area contributed by atoms with Crippen molar-refractivity contribution in [1.29, 1.82) is 0 Å². The average molecular weight is 219 g/mol. The maximum absolute atomic E-state index is 11.5. The third kappa shape index (κ3) is 2.02. The van der Waals surface area contributed by atoms with Crippen molar-refractivity contribution in [2.45, 2.75) is 19.5 Å². The highest BCUT2D eigenvalue weighted by atomic mass is 16.2. The van der Waals surface area contributed by atoms with Crippen LogP contribution in [0.25, 0.3) is 0 Å². The van der Waals surface area contributed by atoms with Gasteiger partial charge in [0.25, 0.3) is 0 Å². The molecule has 0 saturated heterocycles. The largest absolute Gasteiger partial charge is 0.341 e. The number of rotatable bonds is 1. The molecule has 0 unspecified atom stereocenters. The molecule has 2 amide bonds. The summed E-state index contributed by atoms with van der Waals surface area (Å²) in [6.45, 7) is 2.02. The lowest BCUT2D eigenvalue weighted by Crippen LogP contribution is -2.41. The molecule has 1 aliphatic heterocycles. The van der Waals surface area contributed by atoms with E-state index in [0.717, 1.165) is 18.5 Å². The van der Waals surface area contributed by atoms with E-state index < -0.39 is 0 Å². The molecular formula is C12H17N3O. The molecule has 0 radical (unpaired) electrons. The number of fused-ring (bicyclic) bond motifs is 1. The lowest BCUT2D eigenvalue weighted by molar-refractivity contribution is 0.194. The van der Waals surface area contributed by atoms with Gasteiger partial charge in [0.2, 0.25) is 0 Å². The summed E-state index contributed by atoms with van der Waals surface area (Å²) in [6.07, 6.45) is 0.924. The summed E-state index contributed by atoms with van der Waals surface area (Å²) < 4.78 is 0. The molecule has 3 N–H and O–H groups in total. The van der Waals surface area contributed by atoms with Crippen LogP contribution in [0.2, 0.25) is 0 Å².